The highest BCUT2D eigenvalue weighted by Crippen LogP contribution is 2.23. The monoisotopic (exact) mass is 168 g/mol. The third kappa shape index (κ3) is 1.01. The van der Waals surface area contributed by atoms with Gasteiger partial charge < -0.3 is 4.42 Å². The summed E-state index contributed by atoms with van der Waals surface area (Å²) in [5.41, 5.74) is 0.275. The van der Waals surface area contributed by atoms with Crippen LogP contribution < -0.4 is 0 Å². The Bertz CT molecular complexity index is 394. The molecule has 1 aromatic heterocycles. The summed E-state index contributed by atoms with van der Waals surface area (Å²) in [6.07, 6.45) is 0. The Hall–Kier alpha value is -0.960. The fourth-order valence-electron chi connectivity index (χ4n) is 1.01. The van der Waals surface area contributed by atoms with E-state index in [4.69, 9.17) is 4.42 Å². The van der Waals surface area contributed by atoms with E-state index in [9.17, 15) is 4.39 Å². The average molecular weight is 168 g/mol. The number of rotatable bonds is 0. The van der Waals surface area contributed by atoms with Crippen molar-refractivity contribution in [2.75, 3.05) is 0 Å². The first-order chi connectivity index (χ1) is 5.27. The molecule has 0 spiro atoms. The molecular weight excluding hydrogens is 163 g/mol. The summed E-state index contributed by atoms with van der Waals surface area (Å²) in [7, 11) is 0. The predicted octanol–water partition coefficient (Wildman–Crippen LogP) is 2.86. The van der Waals surface area contributed by atoms with Gasteiger partial charge >= 0.3 is 0 Å². The molecule has 0 aliphatic rings. The lowest BCUT2D eigenvalue weighted by Crippen LogP contribution is -1.70. The van der Waals surface area contributed by atoms with Gasteiger partial charge in [-0.2, -0.15) is 0 Å². The van der Waals surface area contributed by atoms with E-state index in [0.29, 0.717) is 5.09 Å². The first-order valence-electron chi connectivity index (χ1n) is 3.14. The van der Waals surface area contributed by atoms with Crippen LogP contribution in [0, 0.1) is 5.82 Å². The van der Waals surface area contributed by atoms with E-state index in [2.05, 4.69) is 12.6 Å². The quantitative estimate of drug-likeness (QED) is 0.597. The highest BCUT2D eigenvalue weighted by atomic mass is 32.1. The van der Waals surface area contributed by atoms with Crippen LogP contribution in [-0.2, 0) is 0 Å². The van der Waals surface area contributed by atoms with Crippen molar-refractivity contribution in [3.63, 3.8) is 0 Å². The minimum atomic E-state index is -0.345. The maximum atomic E-state index is 12.9. The summed E-state index contributed by atoms with van der Waals surface area (Å²) < 4.78 is 17.9. The molecule has 0 fully saturated rings. The Kier molecular flexibility index (Phi) is 1.39. The zero-order chi connectivity index (χ0) is 7.84. The summed E-state index contributed by atoms with van der Waals surface area (Å²) in [5.74, 6) is -0.345. The van der Waals surface area contributed by atoms with Crippen molar-refractivity contribution in [1.29, 1.82) is 0 Å². The van der Waals surface area contributed by atoms with E-state index < -0.39 is 0 Å². The Morgan fingerprint density at radius 2 is 2.18 bits per heavy atom. The van der Waals surface area contributed by atoms with Crippen molar-refractivity contribution in [2.24, 2.45) is 0 Å². The lowest BCUT2D eigenvalue weighted by molar-refractivity contribution is 0.492. The number of halogens is 1. The highest BCUT2D eigenvalue weighted by Gasteiger charge is 2.04. The molecule has 2 aromatic rings. The summed E-state index contributed by atoms with van der Waals surface area (Å²) in [6.45, 7) is 0. The molecule has 3 heteroatoms. The van der Waals surface area contributed by atoms with Crippen molar-refractivity contribution in [2.45, 2.75) is 5.09 Å². The summed E-state index contributed by atoms with van der Waals surface area (Å²) in [4.78, 5) is 0. The van der Waals surface area contributed by atoms with Crippen LogP contribution >= 0.6 is 12.6 Å². The molecular formula is C8H5FOS. The van der Waals surface area contributed by atoms with Gasteiger partial charge in [-0.15, -0.1) is 12.6 Å². The molecule has 0 unspecified atom stereocenters. The molecule has 1 nitrogen and oxygen atoms in total. The topological polar surface area (TPSA) is 13.1 Å². The second-order valence-electron chi connectivity index (χ2n) is 2.24. The van der Waals surface area contributed by atoms with Gasteiger partial charge in [0, 0.05) is 5.39 Å². The normalized spacial score (nSPS) is 10.7. The number of benzene rings is 1. The molecule has 2 rings (SSSR count). The zero-order valence-electron chi connectivity index (χ0n) is 5.54. The largest absolute Gasteiger partial charge is 0.447 e. The maximum absolute atomic E-state index is 12.9. The second kappa shape index (κ2) is 2.27. The van der Waals surface area contributed by atoms with Crippen LogP contribution in [0.2, 0.25) is 0 Å². The van der Waals surface area contributed by atoms with Crippen LogP contribution in [0.3, 0.4) is 0 Å². The van der Waals surface area contributed by atoms with Crippen LogP contribution in [0.1, 0.15) is 0 Å². The average Bonchev–Trinajstić information content (AvgIpc) is 2.31. The Labute approximate surface area is 68.2 Å². The fraction of sp³-hybridized carbons (Fsp3) is 0. The summed E-state index contributed by atoms with van der Waals surface area (Å²) >= 11 is 3.96. The van der Waals surface area contributed by atoms with Gasteiger partial charge in [-0.1, -0.05) is 12.1 Å². The molecule has 56 valence electrons. The van der Waals surface area contributed by atoms with Crippen molar-refractivity contribution in [3.8, 4) is 0 Å². The van der Waals surface area contributed by atoms with Gasteiger partial charge in [-0.05, 0) is 12.1 Å². The van der Waals surface area contributed by atoms with Crippen LogP contribution in [0.25, 0.3) is 11.0 Å². The number of hydrogen-bond acceptors (Lipinski definition) is 2. The first kappa shape index (κ1) is 6.73. The van der Waals surface area contributed by atoms with Gasteiger partial charge in [0.2, 0.25) is 0 Å². The van der Waals surface area contributed by atoms with Crippen LogP contribution in [-0.4, -0.2) is 0 Å². The SMILES string of the molecule is Fc1cccc2cc(S)oc12. The minimum absolute atomic E-state index is 0.275. The summed E-state index contributed by atoms with van der Waals surface area (Å²) in [5, 5.41) is 1.18. The van der Waals surface area contributed by atoms with Gasteiger partial charge in [-0.25, -0.2) is 4.39 Å². The van der Waals surface area contributed by atoms with Gasteiger partial charge in [0.25, 0.3) is 0 Å². The molecule has 0 amide bonds. The molecule has 0 atom stereocenters. The molecule has 0 radical (unpaired) electrons. The van der Waals surface area contributed by atoms with Gasteiger partial charge in [0.1, 0.15) is 0 Å². The van der Waals surface area contributed by atoms with Crippen LogP contribution in [0.5, 0.6) is 0 Å². The molecule has 0 aliphatic carbocycles. The van der Waals surface area contributed by atoms with Crippen molar-refractivity contribution in [3.05, 3.63) is 30.1 Å². The molecule has 1 heterocycles. The number of para-hydroxylation sites is 1. The van der Waals surface area contributed by atoms with Crippen LogP contribution in [0.4, 0.5) is 4.39 Å². The predicted molar refractivity (Wildman–Crippen MR) is 43.4 cm³/mol. The van der Waals surface area contributed by atoms with E-state index >= 15 is 0 Å². The molecule has 0 aliphatic heterocycles. The summed E-state index contributed by atoms with van der Waals surface area (Å²) in [6, 6.07) is 6.46. The van der Waals surface area contributed by atoms with E-state index in [1.807, 2.05) is 0 Å². The van der Waals surface area contributed by atoms with E-state index in [1.165, 1.54) is 6.07 Å². The third-order valence-corrected chi connectivity index (χ3v) is 1.70. The standard InChI is InChI=1S/C8H5FOS/c9-6-3-1-2-5-4-7(11)10-8(5)6/h1-4,11H. The zero-order valence-corrected chi connectivity index (χ0v) is 6.44. The Morgan fingerprint density at radius 1 is 1.36 bits per heavy atom. The molecule has 11 heavy (non-hydrogen) atoms. The van der Waals surface area contributed by atoms with E-state index in [1.54, 1.807) is 18.2 Å². The van der Waals surface area contributed by atoms with E-state index in [0.717, 1.165) is 5.39 Å². The van der Waals surface area contributed by atoms with Crippen molar-refractivity contribution in [1.82, 2.24) is 0 Å². The lowest BCUT2D eigenvalue weighted by Gasteiger charge is -1.87. The Balaban J connectivity index is 2.90. The van der Waals surface area contributed by atoms with E-state index in [-0.39, 0.29) is 11.4 Å². The second-order valence-corrected chi connectivity index (χ2v) is 2.68. The molecule has 0 saturated carbocycles. The van der Waals surface area contributed by atoms with Crippen LogP contribution in [0.15, 0.2) is 33.8 Å². The Morgan fingerprint density at radius 3 is 2.91 bits per heavy atom. The molecule has 1 aromatic carbocycles. The van der Waals surface area contributed by atoms with Gasteiger partial charge in [0.05, 0.1) is 0 Å². The molecule has 0 bridgehead atoms. The maximum Gasteiger partial charge on any atom is 0.171 e. The number of fused-ring (bicyclic) bond motifs is 1. The number of furan rings is 1. The number of hydrogen-bond donors (Lipinski definition) is 1. The lowest BCUT2D eigenvalue weighted by atomic mass is 10.2. The third-order valence-electron chi connectivity index (χ3n) is 1.48. The van der Waals surface area contributed by atoms with Crippen molar-refractivity contribution < 1.29 is 8.81 Å². The van der Waals surface area contributed by atoms with Gasteiger partial charge in [0.15, 0.2) is 16.5 Å². The van der Waals surface area contributed by atoms with Crippen molar-refractivity contribution >= 4 is 23.6 Å². The fourth-order valence-corrected chi connectivity index (χ4v) is 1.24. The first-order valence-corrected chi connectivity index (χ1v) is 3.59. The highest BCUT2D eigenvalue weighted by molar-refractivity contribution is 7.80. The molecule has 0 saturated heterocycles. The van der Waals surface area contributed by atoms with Gasteiger partial charge in [-0.3, -0.25) is 0 Å². The smallest absolute Gasteiger partial charge is 0.171 e. The molecule has 0 N–H and O–H groups in total. The number of thiol groups is 1. The minimum Gasteiger partial charge on any atom is -0.447 e.